The van der Waals surface area contributed by atoms with Gasteiger partial charge in [0.25, 0.3) is 0 Å². The molecule has 0 saturated carbocycles. The zero-order valence-corrected chi connectivity index (χ0v) is 8.70. The van der Waals surface area contributed by atoms with E-state index in [1.165, 1.54) is 0 Å². The molecule has 0 spiro atoms. The Morgan fingerprint density at radius 3 is 2.79 bits per heavy atom. The molecule has 0 amide bonds. The van der Waals surface area contributed by atoms with Gasteiger partial charge in [0.15, 0.2) is 0 Å². The van der Waals surface area contributed by atoms with E-state index in [-0.39, 0.29) is 12.0 Å². The Bertz CT molecular complexity index is 285. The van der Waals surface area contributed by atoms with Crippen LogP contribution in [-0.4, -0.2) is 24.6 Å². The van der Waals surface area contributed by atoms with E-state index in [2.05, 4.69) is 10.3 Å². The minimum absolute atomic E-state index is 0.0761. The van der Waals surface area contributed by atoms with Crippen molar-refractivity contribution in [3.8, 4) is 0 Å². The molecule has 0 aliphatic heterocycles. The summed E-state index contributed by atoms with van der Waals surface area (Å²) in [4.78, 5) is 3.96. The number of nitrogen functional groups attached to an aromatic ring is 1. The van der Waals surface area contributed by atoms with Crippen LogP contribution in [0, 0.1) is 0 Å². The first-order valence-corrected chi connectivity index (χ1v) is 4.76. The van der Waals surface area contributed by atoms with E-state index in [9.17, 15) is 0 Å². The van der Waals surface area contributed by atoms with E-state index >= 15 is 0 Å². The first-order chi connectivity index (χ1) is 6.66. The van der Waals surface area contributed by atoms with Crippen molar-refractivity contribution in [2.75, 3.05) is 19.3 Å². The molecule has 5 N–H and O–H groups in total. The largest absolute Gasteiger partial charge is 0.397 e. The van der Waals surface area contributed by atoms with E-state index in [1.807, 2.05) is 20.0 Å². The normalized spacial score (nSPS) is 15.1. The average molecular weight is 194 g/mol. The molecule has 0 aliphatic rings. The molecule has 1 rings (SSSR count). The van der Waals surface area contributed by atoms with Gasteiger partial charge in [-0.15, -0.1) is 0 Å². The molecule has 0 bridgehead atoms. The molecular weight excluding hydrogens is 176 g/mol. The van der Waals surface area contributed by atoms with Crippen LogP contribution in [0.5, 0.6) is 0 Å². The van der Waals surface area contributed by atoms with Gasteiger partial charge in [-0.05, 0) is 25.6 Å². The smallest absolute Gasteiger partial charge is 0.0537 e. The number of anilines is 1. The van der Waals surface area contributed by atoms with Gasteiger partial charge in [0.2, 0.25) is 0 Å². The molecule has 4 heteroatoms. The molecule has 1 heterocycles. The molecule has 1 aromatic heterocycles. The maximum absolute atomic E-state index is 5.91. The minimum atomic E-state index is 0.0761. The van der Waals surface area contributed by atoms with Crippen molar-refractivity contribution in [2.45, 2.75) is 18.9 Å². The Balaban J connectivity index is 2.93. The standard InChI is InChI=1S/C10H18N4/c1-7(11)9(5-13-2)8-3-4-14-6-10(8)12/h3-4,6-7,9,13H,5,11-12H2,1-2H3. The lowest BCUT2D eigenvalue weighted by atomic mass is 9.92. The van der Waals surface area contributed by atoms with Crippen LogP contribution >= 0.6 is 0 Å². The number of rotatable bonds is 4. The summed E-state index contributed by atoms with van der Waals surface area (Å²) in [7, 11) is 1.91. The van der Waals surface area contributed by atoms with Crippen LogP contribution in [0.15, 0.2) is 18.5 Å². The highest BCUT2D eigenvalue weighted by Crippen LogP contribution is 2.22. The number of nitrogens with one attached hydrogen (secondary N) is 1. The predicted octanol–water partition coefficient (Wildman–Crippen LogP) is 0.314. The number of aromatic nitrogens is 1. The average Bonchev–Trinajstić information content (AvgIpc) is 2.15. The quantitative estimate of drug-likeness (QED) is 0.645. The van der Waals surface area contributed by atoms with E-state index in [0.29, 0.717) is 5.69 Å². The SMILES string of the molecule is CNCC(c1ccncc1N)C(C)N. The molecule has 0 saturated heterocycles. The third-order valence-electron chi connectivity index (χ3n) is 2.35. The third-order valence-corrected chi connectivity index (χ3v) is 2.35. The predicted molar refractivity (Wildman–Crippen MR) is 59.0 cm³/mol. The zero-order chi connectivity index (χ0) is 10.6. The summed E-state index contributed by atoms with van der Waals surface area (Å²) in [6.45, 7) is 2.81. The van der Waals surface area contributed by atoms with E-state index in [0.717, 1.165) is 12.1 Å². The Labute approximate surface area is 84.7 Å². The Kier molecular flexibility index (Phi) is 3.85. The second kappa shape index (κ2) is 4.93. The number of likely N-dealkylation sites (N-methyl/N-ethyl adjacent to an activating group) is 1. The van der Waals surface area contributed by atoms with Gasteiger partial charge in [0.1, 0.15) is 0 Å². The van der Waals surface area contributed by atoms with Crippen molar-refractivity contribution in [1.82, 2.24) is 10.3 Å². The fraction of sp³-hybridized carbons (Fsp3) is 0.500. The van der Waals surface area contributed by atoms with Gasteiger partial charge in [0, 0.05) is 24.7 Å². The van der Waals surface area contributed by atoms with Crippen molar-refractivity contribution < 1.29 is 0 Å². The van der Waals surface area contributed by atoms with Crippen molar-refractivity contribution >= 4 is 5.69 Å². The molecule has 0 fully saturated rings. The van der Waals surface area contributed by atoms with Crippen LogP contribution in [0.4, 0.5) is 5.69 Å². The van der Waals surface area contributed by atoms with Crippen LogP contribution < -0.4 is 16.8 Å². The van der Waals surface area contributed by atoms with Crippen molar-refractivity contribution in [2.24, 2.45) is 5.73 Å². The van der Waals surface area contributed by atoms with E-state index in [1.54, 1.807) is 12.4 Å². The molecule has 1 aromatic rings. The molecule has 0 aliphatic carbocycles. The minimum Gasteiger partial charge on any atom is -0.397 e. The number of hydrogen-bond acceptors (Lipinski definition) is 4. The van der Waals surface area contributed by atoms with Gasteiger partial charge in [-0.25, -0.2) is 0 Å². The monoisotopic (exact) mass is 194 g/mol. The summed E-state index contributed by atoms with van der Waals surface area (Å²) in [6.07, 6.45) is 3.41. The second-order valence-corrected chi connectivity index (χ2v) is 3.53. The van der Waals surface area contributed by atoms with Crippen LogP contribution in [0.2, 0.25) is 0 Å². The Hall–Kier alpha value is -1.13. The van der Waals surface area contributed by atoms with Crippen molar-refractivity contribution in [1.29, 1.82) is 0 Å². The molecule has 2 atom stereocenters. The highest BCUT2D eigenvalue weighted by Gasteiger charge is 2.17. The van der Waals surface area contributed by atoms with E-state index in [4.69, 9.17) is 11.5 Å². The van der Waals surface area contributed by atoms with Crippen LogP contribution in [0.3, 0.4) is 0 Å². The Morgan fingerprint density at radius 1 is 1.57 bits per heavy atom. The number of nitrogens with two attached hydrogens (primary N) is 2. The number of nitrogens with zero attached hydrogens (tertiary/aromatic N) is 1. The van der Waals surface area contributed by atoms with Crippen LogP contribution in [0.25, 0.3) is 0 Å². The van der Waals surface area contributed by atoms with E-state index < -0.39 is 0 Å². The second-order valence-electron chi connectivity index (χ2n) is 3.53. The van der Waals surface area contributed by atoms with Gasteiger partial charge in [-0.3, -0.25) is 4.98 Å². The zero-order valence-electron chi connectivity index (χ0n) is 8.70. The summed E-state index contributed by atoms with van der Waals surface area (Å²) < 4.78 is 0. The first-order valence-electron chi connectivity index (χ1n) is 4.76. The summed E-state index contributed by atoms with van der Waals surface area (Å²) in [5.41, 5.74) is 13.5. The molecule has 4 nitrogen and oxygen atoms in total. The molecule has 14 heavy (non-hydrogen) atoms. The fourth-order valence-electron chi connectivity index (χ4n) is 1.55. The lowest BCUT2D eigenvalue weighted by Crippen LogP contribution is -2.32. The summed E-state index contributed by atoms with van der Waals surface area (Å²) in [5.74, 6) is 0.239. The highest BCUT2D eigenvalue weighted by atomic mass is 14.8. The number of pyridine rings is 1. The topological polar surface area (TPSA) is 77.0 Å². The van der Waals surface area contributed by atoms with Crippen LogP contribution in [0.1, 0.15) is 18.4 Å². The highest BCUT2D eigenvalue weighted by molar-refractivity contribution is 5.46. The van der Waals surface area contributed by atoms with Gasteiger partial charge in [-0.2, -0.15) is 0 Å². The summed E-state index contributed by atoms with van der Waals surface area (Å²) in [6, 6.07) is 2.01. The maximum Gasteiger partial charge on any atom is 0.0537 e. The summed E-state index contributed by atoms with van der Waals surface area (Å²) in [5, 5.41) is 3.12. The van der Waals surface area contributed by atoms with Crippen molar-refractivity contribution in [3.63, 3.8) is 0 Å². The Morgan fingerprint density at radius 2 is 2.29 bits per heavy atom. The lowest BCUT2D eigenvalue weighted by molar-refractivity contribution is 0.540. The van der Waals surface area contributed by atoms with Gasteiger partial charge < -0.3 is 16.8 Å². The van der Waals surface area contributed by atoms with Gasteiger partial charge in [-0.1, -0.05) is 0 Å². The molecule has 0 radical (unpaired) electrons. The molecule has 78 valence electrons. The van der Waals surface area contributed by atoms with Crippen LogP contribution in [-0.2, 0) is 0 Å². The molecule has 2 unspecified atom stereocenters. The maximum atomic E-state index is 5.91. The van der Waals surface area contributed by atoms with Crippen molar-refractivity contribution in [3.05, 3.63) is 24.0 Å². The first kappa shape index (κ1) is 10.9. The number of hydrogen-bond donors (Lipinski definition) is 3. The fourth-order valence-corrected chi connectivity index (χ4v) is 1.55. The molecular formula is C10H18N4. The van der Waals surface area contributed by atoms with Gasteiger partial charge >= 0.3 is 0 Å². The lowest BCUT2D eigenvalue weighted by Gasteiger charge is -2.22. The molecule has 0 aromatic carbocycles. The summed E-state index contributed by atoms with van der Waals surface area (Å²) >= 11 is 0. The van der Waals surface area contributed by atoms with Gasteiger partial charge in [0.05, 0.1) is 11.9 Å². The third kappa shape index (κ3) is 2.43.